The first-order valence-corrected chi connectivity index (χ1v) is 4.72. The van der Waals surface area contributed by atoms with Crippen LogP contribution in [-0.2, 0) is 0 Å². The molecule has 0 aromatic heterocycles. The molecule has 0 amide bonds. The smallest absolute Gasteiger partial charge is 0.0513 e. The van der Waals surface area contributed by atoms with Gasteiger partial charge in [-0.3, -0.25) is 4.99 Å². The van der Waals surface area contributed by atoms with Crippen molar-refractivity contribution in [2.75, 3.05) is 0 Å². The second kappa shape index (κ2) is 2.69. The molecule has 0 fully saturated rings. The van der Waals surface area contributed by atoms with Crippen molar-refractivity contribution >= 4 is 5.71 Å². The zero-order valence-corrected chi connectivity index (χ0v) is 8.41. The maximum Gasteiger partial charge on any atom is 0.0513 e. The molecule has 1 heterocycles. The van der Waals surface area contributed by atoms with E-state index in [9.17, 15) is 0 Å². The molecule has 2 aliphatic rings. The first-order chi connectivity index (χ1) is 6.07. The monoisotopic (exact) mass is 173 g/mol. The van der Waals surface area contributed by atoms with Gasteiger partial charge in [-0.2, -0.15) is 0 Å². The molecule has 68 valence electrons. The van der Waals surface area contributed by atoms with Crippen LogP contribution in [0.5, 0.6) is 0 Å². The van der Waals surface area contributed by atoms with E-state index in [0.29, 0.717) is 5.92 Å². The SMILES string of the molecule is CC(C)(C)C1=CC2=NC=CC2C=C1. The molecule has 0 saturated heterocycles. The van der Waals surface area contributed by atoms with E-state index < -0.39 is 0 Å². The van der Waals surface area contributed by atoms with Crippen LogP contribution in [0.15, 0.2) is 41.1 Å². The van der Waals surface area contributed by atoms with Crippen LogP contribution in [-0.4, -0.2) is 5.71 Å². The Kier molecular flexibility index (Phi) is 1.76. The van der Waals surface area contributed by atoms with Crippen molar-refractivity contribution in [3.63, 3.8) is 0 Å². The molecular formula is C12H15N. The number of rotatable bonds is 0. The number of hydrogen-bond donors (Lipinski definition) is 0. The van der Waals surface area contributed by atoms with Gasteiger partial charge in [0.2, 0.25) is 0 Å². The molecule has 2 rings (SSSR count). The van der Waals surface area contributed by atoms with Gasteiger partial charge in [-0.1, -0.05) is 39.0 Å². The summed E-state index contributed by atoms with van der Waals surface area (Å²) in [7, 11) is 0. The fourth-order valence-corrected chi connectivity index (χ4v) is 1.58. The molecule has 1 unspecified atom stereocenters. The fraction of sp³-hybridized carbons (Fsp3) is 0.417. The van der Waals surface area contributed by atoms with E-state index in [2.05, 4.69) is 50.1 Å². The van der Waals surface area contributed by atoms with Crippen molar-refractivity contribution in [2.24, 2.45) is 16.3 Å². The Morgan fingerprint density at radius 1 is 1.23 bits per heavy atom. The Morgan fingerprint density at radius 2 is 2.00 bits per heavy atom. The van der Waals surface area contributed by atoms with Crippen molar-refractivity contribution in [1.29, 1.82) is 0 Å². The van der Waals surface area contributed by atoms with Crippen LogP contribution < -0.4 is 0 Å². The van der Waals surface area contributed by atoms with Gasteiger partial charge in [0, 0.05) is 12.1 Å². The van der Waals surface area contributed by atoms with Crippen LogP contribution in [0.3, 0.4) is 0 Å². The van der Waals surface area contributed by atoms with Crippen molar-refractivity contribution in [3.8, 4) is 0 Å². The summed E-state index contributed by atoms with van der Waals surface area (Å²) in [6.45, 7) is 6.69. The van der Waals surface area contributed by atoms with E-state index in [-0.39, 0.29) is 5.41 Å². The lowest BCUT2D eigenvalue weighted by atomic mass is 9.81. The van der Waals surface area contributed by atoms with Gasteiger partial charge in [-0.15, -0.1) is 0 Å². The van der Waals surface area contributed by atoms with E-state index in [1.165, 1.54) is 11.3 Å². The highest BCUT2D eigenvalue weighted by Gasteiger charge is 2.22. The highest BCUT2D eigenvalue weighted by Crippen LogP contribution is 2.31. The van der Waals surface area contributed by atoms with Crippen molar-refractivity contribution in [1.82, 2.24) is 0 Å². The topological polar surface area (TPSA) is 12.4 Å². The average Bonchev–Trinajstić information content (AvgIpc) is 2.47. The van der Waals surface area contributed by atoms with Crippen LogP contribution in [0.25, 0.3) is 0 Å². The number of fused-ring (bicyclic) bond motifs is 1. The van der Waals surface area contributed by atoms with Gasteiger partial charge in [0.15, 0.2) is 0 Å². The van der Waals surface area contributed by atoms with Crippen LogP contribution in [0.1, 0.15) is 20.8 Å². The third-order valence-electron chi connectivity index (χ3n) is 2.51. The molecule has 0 aromatic rings. The number of aliphatic imine (C=N–C) groups is 1. The Hall–Kier alpha value is -1.11. The van der Waals surface area contributed by atoms with E-state index in [0.717, 1.165) is 0 Å². The molecule has 0 saturated carbocycles. The van der Waals surface area contributed by atoms with Gasteiger partial charge in [0.05, 0.1) is 5.71 Å². The van der Waals surface area contributed by atoms with Gasteiger partial charge in [-0.05, 0) is 17.1 Å². The van der Waals surface area contributed by atoms with Gasteiger partial charge in [0.25, 0.3) is 0 Å². The van der Waals surface area contributed by atoms with Crippen molar-refractivity contribution < 1.29 is 0 Å². The van der Waals surface area contributed by atoms with E-state index in [4.69, 9.17) is 0 Å². The second-order valence-electron chi connectivity index (χ2n) is 4.63. The maximum absolute atomic E-state index is 4.33. The van der Waals surface area contributed by atoms with Gasteiger partial charge < -0.3 is 0 Å². The highest BCUT2D eigenvalue weighted by atomic mass is 14.7. The minimum absolute atomic E-state index is 0.229. The first-order valence-electron chi connectivity index (χ1n) is 4.72. The average molecular weight is 173 g/mol. The predicted molar refractivity (Wildman–Crippen MR) is 56.7 cm³/mol. The normalized spacial score (nSPS) is 25.6. The first kappa shape index (κ1) is 8.49. The molecule has 1 atom stereocenters. The summed E-state index contributed by atoms with van der Waals surface area (Å²) < 4.78 is 0. The Morgan fingerprint density at radius 3 is 2.69 bits per heavy atom. The highest BCUT2D eigenvalue weighted by molar-refractivity contribution is 6.03. The summed E-state index contributed by atoms with van der Waals surface area (Å²) in [5.41, 5.74) is 2.78. The van der Waals surface area contributed by atoms with Crippen LogP contribution in [0.4, 0.5) is 0 Å². The van der Waals surface area contributed by atoms with Gasteiger partial charge in [-0.25, -0.2) is 0 Å². The van der Waals surface area contributed by atoms with Crippen LogP contribution in [0, 0.1) is 11.3 Å². The quantitative estimate of drug-likeness (QED) is 0.533. The minimum Gasteiger partial charge on any atom is -0.261 e. The molecule has 1 aliphatic heterocycles. The Balaban J connectivity index is 2.32. The zero-order chi connectivity index (χ0) is 9.47. The number of allylic oxidation sites excluding steroid dienone is 5. The standard InChI is InChI=1S/C12H15N/c1-12(2,3)10-5-4-9-6-7-13-11(9)8-10/h4-9H,1-3H3. The van der Waals surface area contributed by atoms with E-state index in [1.807, 2.05) is 6.20 Å². The number of nitrogens with zero attached hydrogens (tertiary/aromatic N) is 1. The largest absolute Gasteiger partial charge is 0.261 e. The molecule has 0 radical (unpaired) electrons. The molecule has 1 heteroatoms. The van der Waals surface area contributed by atoms with E-state index >= 15 is 0 Å². The summed E-state index contributed by atoms with van der Waals surface area (Å²) in [6.07, 6.45) is 10.7. The summed E-state index contributed by atoms with van der Waals surface area (Å²) in [4.78, 5) is 4.33. The lowest BCUT2D eigenvalue weighted by Gasteiger charge is -2.23. The lowest BCUT2D eigenvalue weighted by Crippen LogP contribution is -2.15. The number of hydrogen-bond acceptors (Lipinski definition) is 1. The summed E-state index contributed by atoms with van der Waals surface area (Å²) in [5.74, 6) is 0.436. The molecule has 1 nitrogen and oxygen atoms in total. The molecule has 1 aliphatic carbocycles. The fourth-order valence-electron chi connectivity index (χ4n) is 1.58. The molecule has 0 spiro atoms. The third kappa shape index (κ3) is 1.51. The Labute approximate surface area is 79.6 Å². The van der Waals surface area contributed by atoms with Crippen LogP contribution >= 0.6 is 0 Å². The van der Waals surface area contributed by atoms with E-state index in [1.54, 1.807) is 0 Å². The summed E-state index contributed by atoms with van der Waals surface area (Å²) in [5, 5.41) is 0. The van der Waals surface area contributed by atoms with Crippen molar-refractivity contribution in [3.05, 3.63) is 36.1 Å². The zero-order valence-electron chi connectivity index (χ0n) is 8.41. The van der Waals surface area contributed by atoms with Crippen LogP contribution in [0.2, 0.25) is 0 Å². The third-order valence-corrected chi connectivity index (χ3v) is 2.51. The molecule has 13 heavy (non-hydrogen) atoms. The lowest BCUT2D eigenvalue weighted by molar-refractivity contribution is 0.516. The van der Waals surface area contributed by atoms with Gasteiger partial charge >= 0.3 is 0 Å². The predicted octanol–water partition coefficient (Wildman–Crippen LogP) is 3.11. The minimum atomic E-state index is 0.229. The van der Waals surface area contributed by atoms with Crippen molar-refractivity contribution in [2.45, 2.75) is 20.8 Å². The molecular weight excluding hydrogens is 158 g/mol. The summed E-state index contributed by atoms with van der Waals surface area (Å²) >= 11 is 0. The second-order valence-corrected chi connectivity index (χ2v) is 4.63. The molecule has 0 bridgehead atoms. The molecule has 0 aromatic carbocycles. The van der Waals surface area contributed by atoms with Gasteiger partial charge in [0.1, 0.15) is 0 Å². The molecule has 0 N–H and O–H groups in total. The summed E-state index contributed by atoms with van der Waals surface area (Å²) in [6, 6.07) is 0. The Bertz CT molecular complexity index is 335. The maximum atomic E-state index is 4.33.